The molecular formula is C22H38N4O3S. The van der Waals surface area contributed by atoms with Gasteiger partial charge in [-0.15, -0.1) is 0 Å². The molecule has 1 aromatic rings. The normalized spacial score (nSPS) is 17.2. The lowest BCUT2D eigenvalue weighted by molar-refractivity contribution is 0.0132. The van der Waals surface area contributed by atoms with Gasteiger partial charge in [-0.05, 0) is 43.4 Å². The summed E-state index contributed by atoms with van der Waals surface area (Å²) in [4.78, 5) is 7.60. The van der Waals surface area contributed by atoms with Crippen LogP contribution in [0.5, 0.6) is 0 Å². The van der Waals surface area contributed by atoms with Crippen molar-refractivity contribution in [3.05, 3.63) is 29.3 Å². The second kappa shape index (κ2) is 11.7. The van der Waals surface area contributed by atoms with Crippen molar-refractivity contribution >= 4 is 15.8 Å². The first-order chi connectivity index (χ1) is 14.2. The Balaban J connectivity index is 2.04. The average Bonchev–Trinajstić information content (AvgIpc) is 2.68. The van der Waals surface area contributed by atoms with E-state index in [9.17, 15) is 8.42 Å². The Hall–Kier alpha value is -1.64. The molecule has 1 aromatic carbocycles. The number of hydrogen-bond acceptors (Lipinski definition) is 5. The standard InChI is InChI=1S/C22H38N4O3S/c1-6-23-22(24-15-19-7-8-21(18(4)14-19)30(5,27)28)25-16-20(13-17(2)3)26-9-11-29-12-10-26/h7-8,14,17,20H,6,9-13,15-16H2,1-5H3,(H2,23,24,25). The molecule has 1 heterocycles. The van der Waals surface area contributed by atoms with Crippen molar-refractivity contribution in [3.63, 3.8) is 0 Å². The molecule has 0 bridgehead atoms. The minimum atomic E-state index is -3.20. The minimum absolute atomic E-state index is 0.377. The van der Waals surface area contributed by atoms with Crippen LogP contribution in [0.1, 0.15) is 38.3 Å². The van der Waals surface area contributed by atoms with E-state index in [0.29, 0.717) is 23.4 Å². The van der Waals surface area contributed by atoms with Gasteiger partial charge in [-0.3, -0.25) is 4.90 Å². The third kappa shape index (κ3) is 7.89. The number of aryl methyl sites for hydroxylation is 1. The average molecular weight is 439 g/mol. The molecule has 2 N–H and O–H groups in total. The predicted molar refractivity (Wildman–Crippen MR) is 123 cm³/mol. The molecule has 1 aliphatic heterocycles. The number of morpholine rings is 1. The van der Waals surface area contributed by atoms with Crippen LogP contribution >= 0.6 is 0 Å². The van der Waals surface area contributed by atoms with Crippen LogP contribution < -0.4 is 10.6 Å². The van der Waals surface area contributed by atoms with Crippen molar-refractivity contribution in [2.75, 3.05) is 45.6 Å². The molecular weight excluding hydrogens is 400 g/mol. The lowest BCUT2D eigenvalue weighted by atomic mass is 10.0. The van der Waals surface area contributed by atoms with Crippen molar-refractivity contribution in [2.24, 2.45) is 10.9 Å². The summed E-state index contributed by atoms with van der Waals surface area (Å²) in [6.07, 6.45) is 2.36. The molecule has 30 heavy (non-hydrogen) atoms. The molecule has 0 saturated carbocycles. The number of sulfone groups is 1. The van der Waals surface area contributed by atoms with E-state index in [4.69, 9.17) is 9.73 Å². The summed E-state index contributed by atoms with van der Waals surface area (Å²) < 4.78 is 29.1. The molecule has 0 aliphatic carbocycles. The van der Waals surface area contributed by atoms with Gasteiger partial charge in [-0.25, -0.2) is 13.4 Å². The number of guanidine groups is 1. The number of benzene rings is 1. The highest BCUT2D eigenvalue weighted by atomic mass is 32.2. The van der Waals surface area contributed by atoms with Gasteiger partial charge in [0.1, 0.15) is 0 Å². The molecule has 0 aromatic heterocycles. The maximum Gasteiger partial charge on any atom is 0.191 e. The summed E-state index contributed by atoms with van der Waals surface area (Å²) in [5, 5.41) is 6.82. The monoisotopic (exact) mass is 438 g/mol. The highest BCUT2D eigenvalue weighted by molar-refractivity contribution is 7.90. The third-order valence-corrected chi connectivity index (χ3v) is 6.47. The molecule has 2 rings (SSSR count). The fourth-order valence-electron chi connectivity index (χ4n) is 3.80. The molecule has 1 saturated heterocycles. The van der Waals surface area contributed by atoms with Gasteiger partial charge in [0, 0.05) is 38.5 Å². The maximum absolute atomic E-state index is 11.8. The van der Waals surface area contributed by atoms with E-state index < -0.39 is 9.84 Å². The number of ether oxygens (including phenoxy) is 1. The second-order valence-electron chi connectivity index (χ2n) is 8.38. The molecule has 1 unspecified atom stereocenters. The van der Waals surface area contributed by atoms with Gasteiger partial charge in [-0.1, -0.05) is 26.0 Å². The lowest BCUT2D eigenvalue weighted by Crippen LogP contribution is -2.51. The summed E-state index contributed by atoms with van der Waals surface area (Å²) in [5.74, 6) is 1.40. The van der Waals surface area contributed by atoms with Crippen LogP contribution in [0, 0.1) is 12.8 Å². The Morgan fingerprint density at radius 1 is 1.23 bits per heavy atom. The van der Waals surface area contributed by atoms with Gasteiger partial charge in [0.05, 0.1) is 24.7 Å². The number of hydrogen-bond donors (Lipinski definition) is 2. The number of aliphatic imine (C=N–C) groups is 1. The summed E-state index contributed by atoms with van der Waals surface area (Å²) in [6, 6.07) is 5.85. The van der Waals surface area contributed by atoms with E-state index in [1.807, 2.05) is 19.1 Å². The maximum atomic E-state index is 11.8. The van der Waals surface area contributed by atoms with E-state index >= 15 is 0 Å². The zero-order valence-corrected chi connectivity index (χ0v) is 19.9. The molecule has 7 nitrogen and oxygen atoms in total. The Labute approximate surface area is 182 Å². The number of rotatable bonds is 9. The van der Waals surface area contributed by atoms with Crippen molar-refractivity contribution in [1.29, 1.82) is 0 Å². The summed E-state index contributed by atoms with van der Waals surface area (Å²) in [6.45, 7) is 14.0. The summed E-state index contributed by atoms with van der Waals surface area (Å²) in [7, 11) is -3.20. The van der Waals surface area contributed by atoms with E-state index in [0.717, 1.165) is 62.9 Å². The largest absolute Gasteiger partial charge is 0.379 e. The van der Waals surface area contributed by atoms with Crippen molar-refractivity contribution in [2.45, 2.75) is 51.6 Å². The second-order valence-corrected chi connectivity index (χ2v) is 10.4. The van der Waals surface area contributed by atoms with Crippen LogP contribution in [0.4, 0.5) is 0 Å². The van der Waals surface area contributed by atoms with E-state index in [1.165, 1.54) is 6.26 Å². The molecule has 0 amide bonds. The third-order valence-electron chi connectivity index (χ3n) is 5.21. The quantitative estimate of drug-likeness (QED) is 0.454. The van der Waals surface area contributed by atoms with Crippen molar-refractivity contribution in [3.8, 4) is 0 Å². The summed E-state index contributed by atoms with van der Waals surface area (Å²) >= 11 is 0. The van der Waals surface area contributed by atoms with Crippen LogP contribution in [0.25, 0.3) is 0 Å². The predicted octanol–water partition coefficient (Wildman–Crippen LogP) is 2.20. The fraction of sp³-hybridized carbons (Fsp3) is 0.682. The molecule has 8 heteroatoms. The Morgan fingerprint density at radius 2 is 1.93 bits per heavy atom. The number of nitrogens with one attached hydrogen (secondary N) is 2. The first kappa shape index (κ1) is 24.6. The Bertz CT molecular complexity index is 803. The SMILES string of the molecule is CCNC(=NCc1ccc(S(C)(=O)=O)c(C)c1)NCC(CC(C)C)N1CCOCC1. The minimum Gasteiger partial charge on any atom is -0.379 e. The van der Waals surface area contributed by atoms with Gasteiger partial charge >= 0.3 is 0 Å². The summed E-state index contributed by atoms with van der Waals surface area (Å²) in [5.41, 5.74) is 1.75. The smallest absolute Gasteiger partial charge is 0.191 e. The van der Waals surface area contributed by atoms with Crippen LogP contribution in [-0.4, -0.2) is 71.0 Å². The zero-order chi connectivity index (χ0) is 22.1. The van der Waals surface area contributed by atoms with Gasteiger partial charge < -0.3 is 15.4 Å². The van der Waals surface area contributed by atoms with Gasteiger partial charge in [-0.2, -0.15) is 0 Å². The van der Waals surface area contributed by atoms with Crippen molar-refractivity contribution in [1.82, 2.24) is 15.5 Å². The lowest BCUT2D eigenvalue weighted by Gasteiger charge is -2.35. The Kier molecular flexibility index (Phi) is 9.58. The van der Waals surface area contributed by atoms with Crippen LogP contribution in [0.2, 0.25) is 0 Å². The highest BCUT2D eigenvalue weighted by Crippen LogP contribution is 2.17. The highest BCUT2D eigenvalue weighted by Gasteiger charge is 2.22. The molecule has 1 atom stereocenters. The molecule has 1 fully saturated rings. The van der Waals surface area contributed by atoms with Gasteiger partial charge in [0.2, 0.25) is 0 Å². The molecule has 1 aliphatic rings. The topological polar surface area (TPSA) is 83.0 Å². The van der Waals surface area contributed by atoms with Crippen LogP contribution in [0.3, 0.4) is 0 Å². The molecule has 0 radical (unpaired) electrons. The van der Waals surface area contributed by atoms with Gasteiger partial charge in [0.15, 0.2) is 15.8 Å². The van der Waals surface area contributed by atoms with Crippen LogP contribution in [-0.2, 0) is 21.1 Å². The van der Waals surface area contributed by atoms with Crippen molar-refractivity contribution < 1.29 is 13.2 Å². The molecule has 0 spiro atoms. The van der Waals surface area contributed by atoms with E-state index in [2.05, 4.69) is 36.3 Å². The molecule has 170 valence electrons. The van der Waals surface area contributed by atoms with E-state index in [-0.39, 0.29) is 0 Å². The zero-order valence-electron chi connectivity index (χ0n) is 19.1. The van der Waals surface area contributed by atoms with E-state index in [1.54, 1.807) is 6.07 Å². The number of nitrogens with zero attached hydrogens (tertiary/aromatic N) is 2. The first-order valence-electron chi connectivity index (χ1n) is 10.8. The van der Waals surface area contributed by atoms with Crippen LogP contribution in [0.15, 0.2) is 28.1 Å². The van der Waals surface area contributed by atoms with Gasteiger partial charge in [0.25, 0.3) is 0 Å². The Morgan fingerprint density at radius 3 is 2.50 bits per heavy atom. The first-order valence-corrected chi connectivity index (χ1v) is 12.7. The fourth-order valence-corrected chi connectivity index (χ4v) is 4.76.